The molecule has 0 saturated carbocycles. The van der Waals surface area contributed by atoms with E-state index in [1.807, 2.05) is 29.2 Å². The monoisotopic (exact) mass is 392 g/mol. The molecule has 3 aromatic rings. The third-order valence-electron chi connectivity index (χ3n) is 5.13. The molecule has 1 aliphatic rings. The summed E-state index contributed by atoms with van der Waals surface area (Å²) in [4.78, 5) is 27.7. The summed E-state index contributed by atoms with van der Waals surface area (Å²) >= 11 is 0. The number of carbonyl (C=O) groups is 1. The molecule has 7 heteroatoms. The summed E-state index contributed by atoms with van der Waals surface area (Å²) in [6.45, 7) is 2.45. The molecule has 0 N–H and O–H groups in total. The SMILES string of the molecule is COc1cccc(Cc2cnc([C@@H]3CCCCN3C(=O)c3ccnc(C)n3)o2)c1. The lowest BCUT2D eigenvalue weighted by Crippen LogP contribution is -2.39. The van der Waals surface area contributed by atoms with E-state index < -0.39 is 0 Å². The second-order valence-corrected chi connectivity index (χ2v) is 7.19. The van der Waals surface area contributed by atoms with Crippen molar-refractivity contribution in [3.63, 3.8) is 0 Å². The lowest BCUT2D eigenvalue weighted by Gasteiger charge is -2.33. The van der Waals surface area contributed by atoms with Crippen molar-refractivity contribution in [1.82, 2.24) is 19.9 Å². The average Bonchev–Trinajstić information content (AvgIpc) is 3.21. The predicted octanol–water partition coefficient (Wildman–Crippen LogP) is 3.74. The van der Waals surface area contributed by atoms with E-state index >= 15 is 0 Å². The molecule has 0 bridgehead atoms. The molecular weight excluding hydrogens is 368 g/mol. The van der Waals surface area contributed by atoms with E-state index in [2.05, 4.69) is 15.0 Å². The highest BCUT2D eigenvalue weighted by molar-refractivity contribution is 5.92. The summed E-state index contributed by atoms with van der Waals surface area (Å²) in [5.74, 6) is 2.64. The van der Waals surface area contributed by atoms with E-state index in [1.165, 1.54) is 0 Å². The first kappa shape index (κ1) is 19.1. The molecular formula is C22H24N4O3. The van der Waals surface area contributed by atoms with Crippen LogP contribution >= 0.6 is 0 Å². The van der Waals surface area contributed by atoms with Crippen LogP contribution in [-0.4, -0.2) is 39.4 Å². The van der Waals surface area contributed by atoms with Crippen LogP contribution in [0.1, 0.15) is 58.8 Å². The Morgan fingerprint density at radius 1 is 1.28 bits per heavy atom. The van der Waals surface area contributed by atoms with Crippen LogP contribution in [-0.2, 0) is 6.42 Å². The minimum Gasteiger partial charge on any atom is -0.497 e. The highest BCUT2D eigenvalue weighted by atomic mass is 16.5. The quantitative estimate of drug-likeness (QED) is 0.658. The van der Waals surface area contributed by atoms with Crippen LogP contribution in [0.5, 0.6) is 5.75 Å². The molecule has 1 aliphatic heterocycles. The highest BCUT2D eigenvalue weighted by Gasteiger charge is 2.32. The third-order valence-corrected chi connectivity index (χ3v) is 5.13. The van der Waals surface area contributed by atoms with Crippen molar-refractivity contribution in [2.45, 2.75) is 38.6 Å². The van der Waals surface area contributed by atoms with Gasteiger partial charge in [-0.25, -0.2) is 15.0 Å². The van der Waals surface area contributed by atoms with Gasteiger partial charge in [-0.3, -0.25) is 4.79 Å². The summed E-state index contributed by atoms with van der Waals surface area (Å²) in [6.07, 6.45) is 6.81. The predicted molar refractivity (Wildman–Crippen MR) is 107 cm³/mol. The van der Waals surface area contributed by atoms with E-state index in [0.29, 0.717) is 30.4 Å². The summed E-state index contributed by atoms with van der Waals surface area (Å²) < 4.78 is 11.3. The van der Waals surface area contributed by atoms with Crippen LogP contribution in [0.15, 0.2) is 47.1 Å². The summed E-state index contributed by atoms with van der Waals surface area (Å²) in [5.41, 5.74) is 1.49. The van der Waals surface area contributed by atoms with E-state index in [0.717, 1.165) is 36.3 Å². The van der Waals surface area contributed by atoms with Gasteiger partial charge in [-0.15, -0.1) is 0 Å². The van der Waals surface area contributed by atoms with Crippen LogP contribution < -0.4 is 4.74 Å². The van der Waals surface area contributed by atoms with Crippen LogP contribution in [0.2, 0.25) is 0 Å². The molecule has 1 saturated heterocycles. The number of ether oxygens (including phenoxy) is 1. The molecule has 0 radical (unpaired) electrons. The number of piperidine rings is 1. The molecule has 29 heavy (non-hydrogen) atoms. The summed E-state index contributed by atoms with van der Waals surface area (Å²) in [7, 11) is 1.65. The zero-order valence-electron chi connectivity index (χ0n) is 16.7. The van der Waals surface area contributed by atoms with Crippen molar-refractivity contribution in [3.8, 4) is 5.75 Å². The molecule has 2 aromatic heterocycles. The van der Waals surface area contributed by atoms with Gasteiger partial charge in [-0.1, -0.05) is 12.1 Å². The topological polar surface area (TPSA) is 81.4 Å². The van der Waals surface area contributed by atoms with Crippen molar-refractivity contribution < 1.29 is 13.9 Å². The van der Waals surface area contributed by atoms with Crippen molar-refractivity contribution >= 4 is 5.91 Å². The Labute approximate surface area is 169 Å². The first-order valence-electron chi connectivity index (χ1n) is 9.82. The number of rotatable bonds is 5. The number of hydrogen-bond donors (Lipinski definition) is 0. The zero-order valence-corrected chi connectivity index (χ0v) is 16.7. The molecule has 0 spiro atoms. The number of oxazole rings is 1. The first-order valence-corrected chi connectivity index (χ1v) is 9.82. The van der Waals surface area contributed by atoms with Gasteiger partial charge in [0.25, 0.3) is 5.91 Å². The second kappa shape index (κ2) is 8.43. The van der Waals surface area contributed by atoms with Crippen molar-refractivity contribution in [2.75, 3.05) is 13.7 Å². The minimum atomic E-state index is -0.175. The standard InChI is InChI=1S/C22H24N4O3/c1-15-23-10-9-19(25-15)22(27)26-11-4-3-8-20(26)21-24-14-18(29-21)13-16-6-5-7-17(12-16)28-2/h5-7,9-10,12,14,20H,3-4,8,11,13H2,1-2H3/t20-/m0/s1. The average molecular weight is 392 g/mol. The van der Waals surface area contributed by atoms with E-state index in [9.17, 15) is 4.79 Å². The smallest absolute Gasteiger partial charge is 0.273 e. The van der Waals surface area contributed by atoms with Gasteiger partial charge >= 0.3 is 0 Å². The molecule has 7 nitrogen and oxygen atoms in total. The molecule has 1 amide bonds. The molecule has 150 valence electrons. The van der Waals surface area contributed by atoms with Gasteiger partial charge in [0, 0.05) is 19.2 Å². The molecule has 4 rings (SSSR count). The molecule has 0 aliphatic carbocycles. The number of amides is 1. The van der Waals surface area contributed by atoms with E-state index in [1.54, 1.807) is 32.5 Å². The normalized spacial score (nSPS) is 16.6. The van der Waals surface area contributed by atoms with Crippen LogP contribution in [0.3, 0.4) is 0 Å². The van der Waals surface area contributed by atoms with Crippen molar-refractivity contribution in [2.24, 2.45) is 0 Å². The minimum absolute atomic E-state index is 0.104. The largest absolute Gasteiger partial charge is 0.497 e. The Hall–Kier alpha value is -3.22. The van der Waals surface area contributed by atoms with Gasteiger partial charge in [0.15, 0.2) is 0 Å². The van der Waals surface area contributed by atoms with E-state index in [-0.39, 0.29) is 11.9 Å². The van der Waals surface area contributed by atoms with Gasteiger partial charge in [0.05, 0.1) is 13.3 Å². The molecule has 1 atom stereocenters. The third kappa shape index (κ3) is 4.29. The number of likely N-dealkylation sites (tertiary alicyclic amines) is 1. The number of aromatic nitrogens is 3. The number of aryl methyl sites for hydroxylation is 1. The lowest BCUT2D eigenvalue weighted by atomic mass is 10.0. The fraction of sp³-hybridized carbons (Fsp3) is 0.364. The van der Waals surface area contributed by atoms with Crippen LogP contribution in [0.25, 0.3) is 0 Å². The van der Waals surface area contributed by atoms with Gasteiger partial charge in [-0.05, 0) is 49.9 Å². The van der Waals surface area contributed by atoms with Gasteiger partial charge in [0.2, 0.25) is 5.89 Å². The summed E-state index contributed by atoms with van der Waals surface area (Å²) in [6, 6.07) is 9.36. The van der Waals surface area contributed by atoms with Crippen LogP contribution in [0.4, 0.5) is 0 Å². The number of methoxy groups -OCH3 is 1. The van der Waals surface area contributed by atoms with Crippen molar-refractivity contribution in [1.29, 1.82) is 0 Å². The number of nitrogens with zero attached hydrogens (tertiary/aromatic N) is 4. The fourth-order valence-corrected chi connectivity index (χ4v) is 3.70. The molecule has 0 unspecified atom stereocenters. The van der Waals surface area contributed by atoms with Gasteiger partial charge in [0.1, 0.15) is 29.1 Å². The maximum Gasteiger partial charge on any atom is 0.273 e. The summed E-state index contributed by atoms with van der Waals surface area (Å²) in [5, 5.41) is 0. The fourth-order valence-electron chi connectivity index (χ4n) is 3.70. The highest BCUT2D eigenvalue weighted by Crippen LogP contribution is 2.32. The lowest BCUT2D eigenvalue weighted by molar-refractivity contribution is 0.0563. The second-order valence-electron chi connectivity index (χ2n) is 7.19. The molecule has 1 fully saturated rings. The molecule has 3 heterocycles. The Kier molecular flexibility index (Phi) is 5.55. The Bertz CT molecular complexity index is 1000. The number of carbonyl (C=O) groups excluding carboxylic acids is 1. The van der Waals surface area contributed by atoms with Gasteiger partial charge < -0.3 is 14.1 Å². The van der Waals surface area contributed by atoms with Crippen LogP contribution in [0, 0.1) is 6.92 Å². The maximum absolute atomic E-state index is 13.1. The Morgan fingerprint density at radius 3 is 3.00 bits per heavy atom. The maximum atomic E-state index is 13.1. The van der Waals surface area contributed by atoms with E-state index in [4.69, 9.17) is 9.15 Å². The number of benzene rings is 1. The Balaban J connectivity index is 1.54. The van der Waals surface area contributed by atoms with Crippen molar-refractivity contribution in [3.05, 3.63) is 71.5 Å². The first-order chi connectivity index (χ1) is 14.1. The number of hydrogen-bond acceptors (Lipinski definition) is 6. The zero-order chi connectivity index (χ0) is 20.2. The molecule has 1 aromatic carbocycles. The Morgan fingerprint density at radius 2 is 2.17 bits per heavy atom. The van der Waals surface area contributed by atoms with Gasteiger partial charge in [-0.2, -0.15) is 0 Å².